The summed E-state index contributed by atoms with van der Waals surface area (Å²) in [6.45, 7) is 1.91. The largest absolute Gasteiger partial charge is 0.444 e. The van der Waals surface area contributed by atoms with Crippen LogP contribution < -0.4 is 16.0 Å². The van der Waals surface area contributed by atoms with Gasteiger partial charge in [0.2, 0.25) is 17.7 Å². The van der Waals surface area contributed by atoms with Crippen molar-refractivity contribution >= 4 is 41.0 Å². The zero-order chi connectivity index (χ0) is 41.8. The molecule has 2 aliphatic heterocycles. The number of amides is 5. The molecule has 5 amide bonds. The molecule has 3 aromatic heterocycles. The van der Waals surface area contributed by atoms with Crippen LogP contribution in [0.5, 0.6) is 0 Å². The highest BCUT2D eigenvalue weighted by Gasteiger charge is 2.44. The standard InChI is InChI=1S/C43H42F2N8O7/c44-38(45)37-32(48-39(55)33-24-60-41(49-33)28-16-17-46-35(21-28)47-22-27-6-7-27)23-52(51-37)29-11-8-25(9-12-29)4-1-2-18-59-19-3-5-26-10-13-30-31(20-26)43(58)53(42(30)57)34-14-15-36(54)50-40(34)56/h8-13,16-17,20-21,23-24,27,34,38H,1-7,14-15,18-19,22H2,(H,46,47)(H,48,55)(H,50,54,56). The number of oxazole rings is 1. The van der Waals surface area contributed by atoms with E-state index in [1.807, 2.05) is 12.1 Å². The normalized spacial score (nSPS) is 16.4. The third kappa shape index (κ3) is 9.15. The van der Waals surface area contributed by atoms with Crippen molar-refractivity contribution < 1.29 is 41.9 Å². The van der Waals surface area contributed by atoms with Crippen LogP contribution in [-0.2, 0) is 27.2 Å². The van der Waals surface area contributed by atoms with Gasteiger partial charge in [-0.05, 0) is 105 Å². The van der Waals surface area contributed by atoms with Gasteiger partial charge in [-0.1, -0.05) is 18.2 Å². The molecule has 0 radical (unpaired) electrons. The van der Waals surface area contributed by atoms with Gasteiger partial charge in [0.25, 0.3) is 24.1 Å². The lowest BCUT2D eigenvalue weighted by molar-refractivity contribution is -0.136. The van der Waals surface area contributed by atoms with Crippen LogP contribution in [0.15, 0.2) is 77.7 Å². The van der Waals surface area contributed by atoms with Gasteiger partial charge in [-0.25, -0.2) is 23.4 Å². The number of aryl methyl sites for hydroxylation is 2. The van der Waals surface area contributed by atoms with E-state index in [-0.39, 0.29) is 41.2 Å². The minimum Gasteiger partial charge on any atom is -0.444 e. The van der Waals surface area contributed by atoms with E-state index in [9.17, 15) is 32.8 Å². The summed E-state index contributed by atoms with van der Waals surface area (Å²) in [6.07, 6.45) is 7.57. The van der Waals surface area contributed by atoms with Crippen molar-refractivity contribution in [1.82, 2.24) is 30.0 Å². The van der Waals surface area contributed by atoms with Gasteiger partial charge >= 0.3 is 0 Å². The second kappa shape index (κ2) is 17.7. The second-order valence-electron chi connectivity index (χ2n) is 15.1. The highest BCUT2D eigenvalue weighted by atomic mass is 19.3. The molecule has 0 spiro atoms. The maximum absolute atomic E-state index is 14.0. The molecule has 17 heteroatoms. The van der Waals surface area contributed by atoms with E-state index >= 15 is 0 Å². The van der Waals surface area contributed by atoms with Crippen molar-refractivity contribution in [2.75, 3.05) is 30.4 Å². The number of piperidine rings is 1. The zero-order valence-electron chi connectivity index (χ0n) is 32.5. The van der Waals surface area contributed by atoms with Gasteiger partial charge in [0.15, 0.2) is 11.4 Å². The monoisotopic (exact) mass is 820 g/mol. The Morgan fingerprint density at radius 2 is 1.68 bits per heavy atom. The molecule has 310 valence electrons. The van der Waals surface area contributed by atoms with Crippen LogP contribution in [0.25, 0.3) is 17.1 Å². The highest BCUT2D eigenvalue weighted by molar-refractivity contribution is 6.23. The number of carbonyl (C=O) groups excluding carboxylic acids is 5. The number of unbranched alkanes of at least 4 members (excludes halogenated alkanes) is 1. The molecule has 1 atom stereocenters. The van der Waals surface area contributed by atoms with E-state index in [4.69, 9.17) is 9.15 Å². The number of carbonyl (C=O) groups is 5. The van der Waals surface area contributed by atoms with E-state index in [1.165, 1.54) is 30.0 Å². The number of hydrogen-bond donors (Lipinski definition) is 3. The fourth-order valence-electron chi connectivity index (χ4n) is 7.21. The minimum atomic E-state index is -2.94. The first kappa shape index (κ1) is 40.2. The number of aromatic nitrogens is 4. The predicted molar refractivity (Wildman–Crippen MR) is 213 cm³/mol. The van der Waals surface area contributed by atoms with Crippen molar-refractivity contribution in [1.29, 1.82) is 0 Å². The predicted octanol–water partition coefficient (Wildman–Crippen LogP) is 6.31. The average Bonchev–Trinajstić information content (AvgIpc) is 3.66. The summed E-state index contributed by atoms with van der Waals surface area (Å²) in [7, 11) is 0. The van der Waals surface area contributed by atoms with E-state index in [2.05, 4.69) is 31.0 Å². The molecule has 15 nitrogen and oxygen atoms in total. The van der Waals surface area contributed by atoms with Gasteiger partial charge < -0.3 is 19.8 Å². The Morgan fingerprint density at radius 1 is 0.917 bits per heavy atom. The second-order valence-corrected chi connectivity index (χ2v) is 15.1. The molecule has 1 saturated carbocycles. The number of fused-ring (bicyclic) bond motifs is 1. The lowest BCUT2D eigenvalue weighted by Crippen LogP contribution is -2.54. The Balaban J connectivity index is 0.767. The molecule has 2 aromatic carbocycles. The van der Waals surface area contributed by atoms with Crippen LogP contribution in [0.2, 0.25) is 0 Å². The Hall–Kier alpha value is -6.62. The number of benzene rings is 2. The van der Waals surface area contributed by atoms with Crippen molar-refractivity contribution in [3.05, 3.63) is 107 Å². The fraction of sp³-hybridized carbons (Fsp3) is 0.349. The molecule has 5 heterocycles. The van der Waals surface area contributed by atoms with Gasteiger partial charge in [-0.2, -0.15) is 5.10 Å². The molecule has 0 bridgehead atoms. The van der Waals surface area contributed by atoms with Gasteiger partial charge in [0.05, 0.1) is 28.7 Å². The summed E-state index contributed by atoms with van der Waals surface area (Å²) >= 11 is 0. The molecule has 1 saturated heterocycles. The quantitative estimate of drug-likeness (QED) is 0.0664. The van der Waals surface area contributed by atoms with Crippen LogP contribution >= 0.6 is 0 Å². The van der Waals surface area contributed by atoms with Crippen LogP contribution in [0.4, 0.5) is 20.3 Å². The number of anilines is 2. The summed E-state index contributed by atoms with van der Waals surface area (Å²) in [6, 6.07) is 14.9. The Kier molecular flexibility index (Phi) is 11.9. The molecule has 60 heavy (non-hydrogen) atoms. The highest BCUT2D eigenvalue weighted by Crippen LogP contribution is 2.31. The van der Waals surface area contributed by atoms with Crippen LogP contribution in [0.3, 0.4) is 0 Å². The third-order valence-corrected chi connectivity index (χ3v) is 10.7. The van der Waals surface area contributed by atoms with Crippen molar-refractivity contribution in [2.24, 2.45) is 5.92 Å². The van der Waals surface area contributed by atoms with Crippen molar-refractivity contribution in [3.8, 4) is 17.1 Å². The molecule has 1 aliphatic carbocycles. The lowest BCUT2D eigenvalue weighted by Gasteiger charge is -2.27. The summed E-state index contributed by atoms with van der Waals surface area (Å²) < 4.78 is 40.7. The number of imide groups is 2. The van der Waals surface area contributed by atoms with E-state index in [1.54, 1.807) is 48.7 Å². The molecule has 5 aromatic rings. The number of rotatable bonds is 18. The van der Waals surface area contributed by atoms with E-state index in [0.29, 0.717) is 49.0 Å². The SMILES string of the molecule is O=C1CCC(N2C(=O)c3ccc(CCCOCCCCc4ccc(-n5cc(NC(=O)c6coc(-c7ccnc(NCC8CC8)c7)n6)c(C(F)F)n5)cc4)cc3C2=O)C(=O)N1. The smallest absolute Gasteiger partial charge is 0.284 e. The average molecular weight is 821 g/mol. The van der Waals surface area contributed by atoms with Crippen LogP contribution in [-0.4, -0.2) is 80.0 Å². The first-order valence-corrected chi connectivity index (χ1v) is 20.0. The number of nitrogens with zero attached hydrogens (tertiary/aromatic N) is 5. The summed E-state index contributed by atoms with van der Waals surface area (Å²) in [5.74, 6) is -1.31. The number of pyridine rings is 1. The molecular formula is C43H42F2N8O7. The van der Waals surface area contributed by atoms with Crippen molar-refractivity contribution in [2.45, 2.75) is 70.3 Å². The number of alkyl halides is 2. The number of nitrogens with one attached hydrogen (secondary N) is 3. The molecule has 2 fully saturated rings. The molecular weight excluding hydrogens is 779 g/mol. The summed E-state index contributed by atoms with van der Waals surface area (Å²) in [4.78, 5) is 72.5. The molecule has 3 N–H and O–H groups in total. The first-order chi connectivity index (χ1) is 29.1. The maximum atomic E-state index is 14.0. The van der Waals surface area contributed by atoms with Gasteiger partial charge in [0.1, 0.15) is 18.1 Å². The summed E-state index contributed by atoms with van der Waals surface area (Å²) in [5, 5.41) is 12.0. The Labute approximate surface area is 342 Å². The number of ether oxygens (including phenoxy) is 1. The topological polar surface area (TPSA) is 191 Å². The molecule has 1 unspecified atom stereocenters. The fourth-order valence-corrected chi connectivity index (χ4v) is 7.21. The lowest BCUT2D eigenvalue weighted by atomic mass is 10.0. The summed E-state index contributed by atoms with van der Waals surface area (Å²) in [5.41, 5.74) is 2.81. The Morgan fingerprint density at radius 3 is 2.47 bits per heavy atom. The van der Waals surface area contributed by atoms with Gasteiger partial charge in [-0.15, -0.1) is 0 Å². The third-order valence-electron chi connectivity index (χ3n) is 10.7. The Bertz CT molecular complexity index is 2430. The van der Waals surface area contributed by atoms with Gasteiger partial charge in [-0.3, -0.25) is 34.2 Å². The molecule has 8 rings (SSSR count). The molecule has 3 aliphatic rings. The minimum absolute atomic E-state index is 0.0667. The van der Waals surface area contributed by atoms with Crippen LogP contribution in [0.1, 0.15) is 99.4 Å². The maximum Gasteiger partial charge on any atom is 0.284 e. The van der Waals surface area contributed by atoms with E-state index < -0.39 is 47.7 Å². The van der Waals surface area contributed by atoms with Gasteiger partial charge in [0, 0.05) is 37.9 Å². The van der Waals surface area contributed by atoms with Crippen molar-refractivity contribution in [3.63, 3.8) is 0 Å². The van der Waals surface area contributed by atoms with Crippen LogP contribution in [0, 0.1) is 5.92 Å². The zero-order valence-corrected chi connectivity index (χ0v) is 32.5. The number of hydrogen-bond acceptors (Lipinski definition) is 11. The number of halogens is 2. The first-order valence-electron chi connectivity index (χ1n) is 20.0. The van der Waals surface area contributed by atoms with E-state index in [0.717, 1.165) is 41.8 Å².